The Hall–Kier alpha value is -1.72. The van der Waals surface area contributed by atoms with Crippen LogP contribution in [0, 0.1) is 0 Å². The number of piperidine rings is 1. The number of hydrogen-bond acceptors (Lipinski definition) is 4. The summed E-state index contributed by atoms with van der Waals surface area (Å²) in [5.41, 5.74) is 4.66. The predicted molar refractivity (Wildman–Crippen MR) is 97.4 cm³/mol. The van der Waals surface area contributed by atoms with Gasteiger partial charge >= 0.3 is 0 Å². The number of hydrogen-bond donors (Lipinski definition) is 1. The van der Waals surface area contributed by atoms with E-state index in [-0.39, 0.29) is 0 Å². The summed E-state index contributed by atoms with van der Waals surface area (Å²) in [6.07, 6.45) is 6.30. The summed E-state index contributed by atoms with van der Waals surface area (Å²) in [5, 5.41) is 12.3. The molecule has 0 bridgehead atoms. The first-order chi connectivity index (χ1) is 12.4. The molecule has 2 aromatic rings. The Kier molecular flexibility index (Phi) is 4.06. The van der Waals surface area contributed by atoms with Gasteiger partial charge in [0.15, 0.2) is 0 Å². The summed E-state index contributed by atoms with van der Waals surface area (Å²) < 4.78 is 2.36. The second kappa shape index (κ2) is 6.54. The predicted octanol–water partition coefficient (Wildman–Crippen LogP) is 2.25. The van der Waals surface area contributed by atoms with E-state index in [4.69, 9.17) is 0 Å². The van der Waals surface area contributed by atoms with Crippen LogP contribution in [-0.4, -0.2) is 39.3 Å². The van der Waals surface area contributed by atoms with Crippen LogP contribution in [0.5, 0.6) is 0 Å². The summed E-state index contributed by atoms with van der Waals surface area (Å²) in [4.78, 5) is 2.61. The third-order valence-electron chi connectivity index (χ3n) is 6.17. The fraction of sp³-hybridized carbons (Fsp3) is 0.600. The van der Waals surface area contributed by atoms with Gasteiger partial charge in [-0.1, -0.05) is 18.2 Å². The van der Waals surface area contributed by atoms with Crippen molar-refractivity contribution in [3.05, 3.63) is 46.5 Å². The van der Waals surface area contributed by atoms with E-state index in [2.05, 4.69) is 43.2 Å². The molecule has 0 spiro atoms. The van der Waals surface area contributed by atoms with Crippen molar-refractivity contribution in [2.75, 3.05) is 19.6 Å². The van der Waals surface area contributed by atoms with Gasteiger partial charge in [-0.05, 0) is 61.9 Å². The number of aryl methyl sites for hydroxylation is 2. The summed E-state index contributed by atoms with van der Waals surface area (Å²) in [7, 11) is 0. The molecule has 3 aliphatic rings. The number of rotatable bonds is 3. The zero-order valence-corrected chi connectivity index (χ0v) is 14.9. The standard InChI is InChI=1S/C20H27N5/c1-2-16-5-4-15(12-18(16)3-1)14-24-9-6-17(7-10-24)20-23-22-19-13-21-8-11-25(19)20/h4-5,12,17,21H,1-3,6-11,13-14H2. The van der Waals surface area contributed by atoms with Crippen molar-refractivity contribution in [1.29, 1.82) is 0 Å². The van der Waals surface area contributed by atoms with E-state index < -0.39 is 0 Å². The van der Waals surface area contributed by atoms with Gasteiger partial charge in [-0.15, -0.1) is 10.2 Å². The van der Waals surface area contributed by atoms with Crippen molar-refractivity contribution in [1.82, 2.24) is 25.0 Å². The average molecular weight is 337 g/mol. The molecule has 1 saturated heterocycles. The van der Waals surface area contributed by atoms with Crippen LogP contribution in [0.4, 0.5) is 0 Å². The summed E-state index contributed by atoms with van der Waals surface area (Å²) in [5.74, 6) is 2.92. The van der Waals surface area contributed by atoms with Gasteiger partial charge in [-0.25, -0.2) is 0 Å². The van der Waals surface area contributed by atoms with Gasteiger partial charge in [0.05, 0.1) is 6.54 Å². The molecule has 2 aliphatic heterocycles. The van der Waals surface area contributed by atoms with Crippen molar-refractivity contribution < 1.29 is 0 Å². The maximum absolute atomic E-state index is 4.52. The molecular formula is C20H27N5. The number of nitrogens with zero attached hydrogens (tertiary/aromatic N) is 4. The topological polar surface area (TPSA) is 46.0 Å². The number of benzene rings is 1. The summed E-state index contributed by atoms with van der Waals surface area (Å²) >= 11 is 0. The first-order valence-electron chi connectivity index (χ1n) is 9.82. The fourth-order valence-electron chi connectivity index (χ4n) is 4.75. The SMILES string of the molecule is c1cc2c(cc1CN1CCC(c3nnc4n3CCNC4)CC1)CCC2. The maximum atomic E-state index is 4.52. The highest BCUT2D eigenvalue weighted by Gasteiger charge is 2.27. The van der Waals surface area contributed by atoms with Crippen molar-refractivity contribution in [3.63, 3.8) is 0 Å². The van der Waals surface area contributed by atoms with Crippen LogP contribution in [0.3, 0.4) is 0 Å². The van der Waals surface area contributed by atoms with Gasteiger partial charge in [0.25, 0.3) is 0 Å². The molecule has 25 heavy (non-hydrogen) atoms. The highest BCUT2D eigenvalue weighted by atomic mass is 15.3. The van der Waals surface area contributed by atoms with Gasteiger partial charge in [0.1, 0.15) is 11.6 Å². The summed E-state index contributed by atoms with van der Waals surface area (Å²) in [6.45, 7) is 6.36. The van der Waals surface area contributed by atoms with E-state index >= 15 is 0 Å². The molecule has 0 amide bonds. The summed E-state index contributed by atoms with van der Waals surface area (Å²) in [6, 6.07) is 7.16. The third-order valence-corrected chi connectivity index (χ3v) is 6.17. The van der Waals surface area contributed by atoms with Crippen molar-refractivity contribution in [2.45, 2.75) is 57.7 Å². The van der Waals surface area contributed by atoms with E-state index in [0.29, 0.717) is 5.92 Å². The Morgan fingerprint density at radius 3 is 2.84 bits per heavy atom. The Morgan fingerprint density at radius 2 is 1.92 bits per heavy atom. The smallest absolute Gasteiger partial charge is 0.147 e. The van der Waals surface area contributed by atoms with Crippen LogP contribution >= 0.6 is 0 Å². The minimum absolute atomic E-state index is 0.579. The van der Waals surface area contributed by atoms with Gasteiger partial charge in [0.2, 0.25) is 0 Å². The van der Waals surface area contributed by atoms with Gasteiger partial charge in [-0.2, -0.15) is 0 Å². The first-order valence-corrected chi connectivity index (χ1v) is 9.82. The normalized spacial score (nSPS) is 21.3. The lowest BCUT2D eigenvalue weighted by atomic mass is 9.95. The van der Waals surface area contributed by atoms with Crippen LogP contribution in [0.15, 0.2) is 18.2 Å². The second-order valence-corrected chi connectivity index (χ2v) is 7.81. The van der Waals surface area contributed by atoms with E-state index in [0.717, 1.165) is 32.0 Å². The van der Waals surface area contributed by atoms with Crippen LogP contribution in [0.2, 0.25) is 0 Å². The quantitative estimate of drug-likeness (QED) is 0.933. The number of likely N-dealkylation sites (tertiary alicyclic amines) is 1. The van der Waals surface area contributed by atoms with E-state index in [9.17, 15) is 0 Å². The fourth-order valence-corrected chi connectivity index (χ4v) is 4.75. The molecule has 0 saturated carbocycles. The van der Waals surface area contributed by atoms with Crippen molar-refractivity contribution in [3.8, 4) is 0 Å². The largest absolute Gasteiger partial charge is 0.312 e. The third kappa shape index (κ3) is 3.00. The molecule has 132 valence electrons. The molecule has 0 atom stereocenters. The lowest BCUT2D eigenvalue weighted by Gasteiger charge is -2.32. The number of nitrogens with one attached hydrogen (secondary N) is 1. The lowest BCUT2D eigenvalue weighted by molar-refractivity contribution is 0.199. The minimum atomic E-state index is 0.579. The Balaban J connectivity index is 1.22. The van der Waals surface area contributed by atoms with Crippen molar-refractivity contribution >= 4 is 0 Å². The zero-order chi connectivity index (χ0) is 16.6. The minimum Gasteiger partial charge on any atom is -0.312 e. The van der Waals surface area contributed by atoms with Crippen LogP contribution < -0.4 is 5.32 Å². The number of aromatic nitrogens is 3. The molecular weight excluding hydrogens is 310 g/mol. The van der Waals surface area contributed by atoms with Gasteiger partial charge in [-0.3, -0.25) is 4.90 Å². The molecule has 1 aliphatic carbocycles. The molecule has 1 N–H and O–H groups in total. The van der Waals surface area contributed by atoms with Gasteiger partial charge in [0, 0.05) is 25.6 Å². The second-order valence-electron chi connectivity index (χ2n) is 7.81. The maximum Gasteiger partial charge on any atom is 0.147 e. The van der Waals surface area contributed by atoms with Crippen LogP contribution in [0.1, 0.15) is 53.5 Å². The molecule has 0 radical (unpaired) electrons. The molecule has 5 nitrogen and oxygen atoms in total. The Labute approximate surface area is 149 Å². The van der Waals surface area contributed by atoms with E-state index in [1.807, 2.05) is 0 Å². The van der Waals surface area contributed by atoms with E-state index in [1.54, 1.807) is 11.1 Å². The molecule has 1 aromatic heterocycles. The monoisotopic (exact) mass is 337 g/mol. The van der Waals surface area contributed by atoms with E-state index in [1.165, 1.54) is 56.6 Å². The zero-order valence-electron chi connectivity index (χ0n) is 14.9. The lowest BCUT2D eigenvalue weighted by Crippen LogP contribution is -2.34. The highest BCUT2D eigenvalue weighted by Crippen LogP contribution is 2.29. The molecule has 1 aromatic carbocycles. The molecule has 0 unspecified atom stereocenters. The highest BCUT2D eigenvalue weighted by molar-refractivity contribution is 5.35. The molecule has 1 fully saturated rings. The first kappa shape index (κ1) is 15.5. The molecule has 3 heterocycles. The van der Waals surface area contributed by atoms with Gasteiger partial charge < -0.3 is 9.88 Å². The van der Waals surface area contributed by atoms with Crippen LogP contribution in [-0.2, 0) is 32.5 Å². The molecule has 5 rings (SSSR count). The van der Waals surface area contributed by atoms with Crippen molar-refractivity contribution in [2.24, 2.45) is 0 Å². The Morgan fingerprint density at radius 1 is 1.04 bits per heavy atom. The average Bonchev–Trinajstić information content (AvgIpc) is 3.29. The van der Waals surface area contributed by atoms with Crippen LogP contribution in [0.25, 0.3) is 0 Å². The number of fused-ring (bicyclic) bond motifs is 2. The molecule has 5 heteroatoms. The Bertz CT molecular complexity index is 757.